The second-order valence-electron chi connectivity index (χ2n) is 4.99. The number of amides is 1. The number of piperidine rings is 1. The van der Waals surface area contributed by atoms with Gasteiger partial charge in [-0.05, 0) is 38.3 Å². The Labute approximate surface area is 107 Å². The number of hydrogen-bond donors (Lipinski definition) is 2. The largest absolute Gasteiger partial charge is 0.365 e. The molecule has 2 rings (SSSR count). The van der Waals surface area contributed by atoms with Crippen LogP contribution in [-0.2, 0) is 0 Å². The predicted octanol–water partition coefficient (Wildman–Crippen LogP) is 0.725. The summed E-state index contributed by atoms with van der Waals surface area (Å²) >= 11 is 0. The van der Waals surface area contributed by atoms with Gasteiger partial charge in [0.2, 0.25) is 0 Å². The molecule has 0 radical (unpaired) electrons. The lowest BCUT2D eigenvalue weighted by Crippen LogP contribution is -2.44. The Morgan fingerprint density at radius 3 is 2.83 bits per heavy atom. The highest BCUT2D eigenvalue weighted by atomic mass is 16.1. The highest BCUT2D eigenvalue weighted by molar-refractivity contribution is 5.99. The summed E-state index contributed by atoms with van der Waals surface area (Å²) in [5, 5.41) is 0. The molecule has 1 aliphatic rings. The van der Waals surface area contributed by atoms with E-state index < -0.39 is 5.91 Å². The van der Waals surface area contributed by atoms with Crippen LogP contribution in [0.1, 0.15) is 34.5 Å². The first-order valence-electron chi connectivity index (χ1n) is 6.27. The summed E-state index contributed by atoms with van der Waals surface area (Å²) in [5.41, 5.74) is 13.7. The minimum absolute atomic E-state index is 0.141. The summed E-state index contributed by atoms with van der Waals surface area (Å²) in [6, 6.07) is 2.02. The molecule has 1 aromatic heterocycles. The van der Waals surface area contributed by atoms with E-state index in [9.17, 15) is 4.79 Å². The van der Waals surface area contributed by atoms with E-state index in [1.807, 2.05) is 19.9 Å². The van der Waals surface area contributed by atoms with E-state index >= 15 is 0 Å². The number of hydrogen-bond acceptors (Lipinski definition) is 4. The Hall–Kier alpha value is -1.62. The van der Waals surface area contributed by atoms with E-state index in [1.54, 1.807) is 0 Å². The number of aromatic nitrogens is 1. The lowest BCUT2D eigenvalue weighted by atomic mass is 10.0. The zero-order valence-electron chi connectivity index (χ0n) is 10.9. The third-order valence-electron chi connectivity index (χ3n) is 3.33. The van der Waals surface area contributed by atoms with Crippen LogP contribution >= 0.6 is 0 Å². The highest BCUT2D eigenvalue weighted by Gasteiger charge is 2.23. The van der Waals surface area contributed by atoms with Crippen LogP contribution in [0.5, 0.6) is 0 Å². The van der Waals surface area contributed by atoms with Crippen LogP contribution < -0.4 is 16.4 Å². The molecule has 98 valence electrons. The fourth-order valence-electron chi connectivity index (χ4n) is 2.55. The average molecular weight is 248 g/mol. The smallest absolute Gasteiger partial charge is 0.252 e. The molecule has 5 heteroatoms. The molecule has 1 atom stereocenters. The van der Waals surface area contributed by atoms with E-state index in [0.717, 1.165) is 37.2 Å². The van der Waals surface area contributed by atoms with Crippen LogP contribution in [0.25, 0.3) is 0 Å². The van der Waals surface area contributed by atoms with Gasteiger partial charge in [0.1, 0.15) is 5.82 Å². The summed E-state index contributed by atoms with van der Waals surface area (Å²) in [6.07, 6.45) is 2.04. The lowest BCUT2D eigenvalue weighted by molar-refractivity contribution is 0.0999. The van der Waals surface area contributed by atoms with Crippen molar-refractivity contribution in [2.75, 3.05) is 18.0 Å². The standard InChI is InChI=1S/C13H20N4O/c1-8-6-9(2)16-13(11(8)12(15)18)17-5-3-4-10(14)7-17/h6,10H,3-5,7,14H2,1-2H3,(H2,15,18)/t10-/m1/s1. The van der Waals surface area contributed by atoms with Crippen molar-refractivity contribution >= 4 is 11.7 Å². The molecule has 1 saturated heterocycles. The molecule has 1 fully saturated rings. The fraction of sp³-hybridized carbons (Fsp3) is 0.538. The zero-order chi connectivity index (χ0) is 13.3. The maximum atomic E-state index is 11.6. The molecule has 0 unspecified atom stereocenters. The first-order valence-corrected chi connectivity index (χ1v) is 6.27. The number of carbonyl (C=O) groups is 1. The van der Waals surface area contributed by atoms with Gasteiger partial charge in [-0.25, -0.2) is 4.98 Å². The van der Waals surface area contributed by atoms with Crippen molar-refractivity contribution in [1.29, 1.82) is 0 Å². The quantitative estimate of drug-likeness (QED) is 0.807. The summed E-state index contributed by atoms with van der Waals surface area (Å²) in [4.78, 5) is 18.2. The third-order valence-corrected chi connectivity index (χ3v) is 3.33. The first kappa shape index (κ1) is 12.8. The fourth-order valence-corrected chi connectivity index (χ4v) is 2.55. The van der Waals surface area contributed by atoms with Gasteiger partial charge in [-0.1, -0.05) is 0 Å². The Morgan fingerprint density at radius 1 is 1.50 bits per heavy atom. The van der Waals surface area contributed by atoms with Crippen molar-refractivity contribution in [2.45, 2.75) is 32.7 Å². The molecule has 0 aliphatic carbocycles. The number of primary amides is 1. The maximum Gasteiger partial charge on any atom is 0.252 e. The highest BCUT2D eigenvalue weighted by Crippen LogP contribution is 2.24. The van der Waals surface area contributed by atoms with Crippen molar-refractivity contribution in [3.63, 3.8) is 0 Å². The van der Waals surface area contributed by atoms with Crippen LogP contribution in [-0.4, -0.2) is 30.0 Å². The number of nitrogens with two attached hydrogens (primary N) is 2. The summed E-state index contributed by atoms with van der Waals surface area (Å²) in [5.74, 6) is 0.268. The second-order valence-corrected chi connectivity index (χ2v) is 4.99. The second kappa shape index (κ2) is 4.94. The number of rotatable bonds is 2. The SMILES string of the molecule is Cc1cc(C)c(C(N)=O)c(N2CCC[C@@H](N)C2)n1. The van der Waals surface area contributed by atoms with E-state index in [-0.39, 0.29) is 6.04 Å². The van der Waals surface area contributed by atoms with Crippen molar-refractivity contribution in [2.24, 2.45) is 11.5 Å². The van der Waals surface area contributed by atoms with Crippen LogP contribution in [0.2, 0.25) is 0 Å². The summed E-state index contributed by atoms with van der Waals surface area (Å²) in [7, 11) is 0. The minimum atomic E-state index is -0.422. The molecular weight excluding hydrogens is 228 g/mol. The molecule has 2 heterocycles. The Balaban J connectivity index is 2.44. The van der Waals surface area contributed by atoms with Gasteiger partial charge in [-0.3, -0.25) is 4.79 Å². The summed E-state index contributed by atoms with van der Waals surface area (Å²) < 4.78 is 0. The van der Waals surface area contributed by atoms with Crippen LogP contribution in [0.15, 0.2) is 6.07 Å². The predicted molar refractivity (Wildman–Crippen MR) is 71.7 cm³/mol. The zero-order valence-corrected chi connectivity index (χ0v) is 10.9. The third kappa shape index (κ3) is 2.46. The molecule has 5 nitrogen and oxygen atoms in total. The normalized spacial score (nSPS) is 19.9. The van der Waals surface area contributed by atoms with Gasteiger partial charge < -0.3 is 16.4 Å². The van der Waals surface area contributed by atoms with Gasteiger partial charge in [0.25, 0.3) is 5.91 Å². The lowest BCUT2D eigenvalue weighted by Gasteiger charge is -2.33. The van der Waals surface area contributed by atoms with Crippen LogP contribution in [0.4, 0.5) is 5.82 Å². The number of nitrogens with zero attached hydrogens (tertiary/aromatic N) is 2. The van der Waals surface area contributed by atoms with Crippen molar-refractivity contribution in [3.05, 3.63) is 22.9 Å². The van der Waals surface area contributed by atoms with E-state index in [0.29, 0.717) is 11.4 Å². The Bertz CT molecular complexity index is 472. The maximum absolute atomic E-state index is 11.6. The van der Waals surface area contributed by atoms with E-state index in [1.165, 1.54) is 0 Å². The van der Waals surface area contributed by atoms with Gasteiger partial charge in [0.05, 0.1) is 5.56 Å². The van der Waals surface area contributed by atoms with Gasteiger partial charge in [-0.15, -0.1) is 0 Å². The monoisotopic (exact) mass is 248 g/mol. The van der Waals surface area contributed by atoms with Gasteiger partial charge in [-0.2, -0.15) is 0 Å². The molecule has 0 spiro atoms. The molecule has 18 heavy (non-hydrogen) atoms. The van der Waals surface area contributed by atoms with Crippen LogP contribution in [0.3, 0.4) is 0 Å². The molecule has 4 N–H and O–H groups in total. The van der Waals surface area contributed by atoms with Crippen LogP contribution in [0, 0.1) is 13.8 Å². The molecule has 1 amide bonds. The number of pyridine rings is 1. The van der Waals surface area contributed by atoms with E-state index in [4.69, 9.17) is 11.5 Å². The molecule has 1 aliphatic heterocycles. The summed E-state index contributed by atoms with van der Waals surface area (Å²) in [6.45, 7) is 5.42. The van der Waals surface area contributed by atoms with Crippen molar-refractivity contribution < 1.29 is 4.79 Å². The van der Waals surface area contributed by atoms with Crippen molar-refractivity contribution in [1.82, 2.24) is 4.98 Å². The van der Waals surface area contributed by atoms with E-state index in [2.05, 4.69) is 9.88 Å². The molecular formula is C13H20N4O. The topological polar surface area (TPSA) is 85.2 Å². The first-order chi connectivity index (χ1) is 8.49. The van der Waals surface area contributed by atoms with Crippen molar-refractivity contribution in [3.8, 4) is 0 Å². The Kier molecular flexibility index (Phi) is 3.52. The minimum Gasteiger partial charge on any atom is -0.365 e. The molecule has 0 aromatic carbocycles. The molecule has 0 bridgehead atoms. The number of aryl methyl sites for hydroxylation is 2. The Morgan fingerprint density at radius 2 is 2.22 bits per heavy atom. The number of carbonyl (C=O) groups excluding carboxylic acids is 1. The number of anilines is 1. The van der Waals surface area contributed by atoms with Gasteiger partial charge in [0, 0.05) is 24.8 Å². The average Bonchev–Trinajstić information content (AvgIpc) is 2.27. The van der Waals surface area contributed by atoms with Gasteiger partial charge >= 0.3 is 0 Å². The molecule has 0 saturated carbocycles. The molecule has 1 aromatic rings. The van der Waals surface area contributed by atoms with Gasteiger partial charge in [0.15, 0.2) is 0 Å².